The molecule has 3 saturated heterocycles. The van der Waals surface area contributed by atoms with Gasteiger partial charge in [-0.15, -0.1) is 0 Å². The topological polar surface area (TPSA) is 234 Å². The van der Waals surface area contributed by atoms with Gasteiger partial charge in [-0.3, -0.25) is 47.7 Å². The Hall–Kier alpha value is -12.3. The number of aromatic nitrogens is 21. The van der Waals surface area contributed by atoms with Crippen molar-refractivity contribution in [2.24, 2.45) is 42.3 Å². The monoisotopic (exact) mass is 1670 g/mol. The van der Waals surface area contributed by atoms with Crippen LogP contribution < -0.4 is 0 Å². The normalized spacial score (nSPS) is 15.5. The minimum absolute atomic E-state index is 0.620. The first-order valence-corrected chi connectivity index (χ1v) is 44.2. The average Bonchev–Trinajstić information content (AvgIpc) is 1.62. The second-order valence-corrected chi connectivity index (χ2v) is 34.4. The van der Waals surface area contributed by atoms with Gasteiger partial charge < -0.3 is 28.1 Å². The lowest BCUT2D eigenvalue weighted by atomic mass is 9.89. The van der Waals surface area contributed by atoms with E-state index in [1.807, 2.05) is 95.6 Å². The minimum atomic E-state index is 0.620. The smallest absolute Gasteiger partial charge is 0.134 e. The molecule has 0 bridgehead atoms. The van der Waals surface area contributed by atoms with Crippen LogP contribution in [0.4, 0.5) is 0 Å². The summed E-state index contributed by atoms with van der Waals surface area (Å²) in [4.78, 5) is 42.1. The molecule has 28 heteroatoms. The Morgan fingerprint density at radius 2 is 0.616 bits per heavy atom. The zero-order valence-electron chi connectivity index (χ0n) is 73.3. The van der Waals surface area contributed by atoms with E-state index in [9.17, 15) is 0 Å². The summed E-state index contributed by atoms with van der Waals surface area (Å²) in [5, 5.41) is 27.5. The van der Waals surface area contributed by atoms with Gasteiger partial charge in [0.2, 0.25) is 0 Å². The molecule has 12 aromatic heterocycles. The lowest BCUT2D eigenvalue weighted by Gasteiger charge is -2.34. The fraction of sp³-hybridized carbons (Fsp3) is 0.381. The van der Waals surface area contributed by atoms with Crippen molar-refractivity contribution >= 4 is 0 Å². The molecule has 28 nitrogen and oxygen atoms in total. The maximum absolute atomic E-state index is 5.46. The summed E-state index contributed by atoms with van der Waals surface area (Å²) in [7, 11) is 16.2. The van der Waals surface area contributed by atoms with Crippen molar-refractivity contribution in [3.8, 4) is 101 Å². The summed E-state index contributed by atoms with van der Waals surface area (Å²) in [5.74, 6) is 2.45. The number of rotatable bonds is 24. The summed E-state index contributed by atoms with van der Waals surface area (Å²) in [5.41, 5.74) is 31.6. The molecule has 15 heterocycles. The van der Waals surface area contributed by atoms with Crippen LogP contribution in [0, 0.1) is 0 Å². The molecule has 0 N–H and O–H groups in total. The Kier molecular flexibility index (Phi) is 24.3. The van der Waals surface area contributed by atoms with Crippen molar-refractivity contribution in [2.75, 3.05) is 126 Å². The van der Waals surface area contributed by atoms with Gasteiger partial charge in [0.1, 0.15) is 17.5 Å². The SMILES string of the molecule is CN1CCN(CCn2ccc(Cc3ncc4c(n3)-c3c(cn(C)c3-c3ccc(-c5cnn(C)c5)cc3)CC4)n2)CC1.COCCN1CCN(CCn2ccc(Cc3ncc4c(n3)-c3c(cn(C)c3-c3ccc(-c5cnn(C)c5)cc3)CC4)n2)CC1.Cn1cc(-c2ccc(-c3c4c(cn3C)CCc3cnc(Cc5ccn(CCN6CCOCC6)n5)nc3-4)cc2)cn1. The van der Waals surface area contributed by atoms with Crippen molar-refractivity contribution in [1.82, 2.24) is 127 Å². The standard InChI is InChI=1S/C34H41N9O.C32H37N9.C31H34N8O/c1-39-23-28-9-8-27-21-35-31(20-30-10-11-43(38-30)17-16-41-12-14-42(15-13-41)18-19-44-3)37-33(27)32(28)34(39)26-6-4-25(5-7-26)29-22-36-40(2)24-29;1-37-12-14-40(15-13-37)16-17-41-11-10-28(36-41)18-29-33-19-25-8-9-26-21-38(2)32(30(26)31(25)35-29)24-6-4-23(5-7-24)27-20-34-39(3)22-27;1-36-20-25-8-7-24-18-32-28(17-27-9-10-39(35-27)12-11-38-13-15-40-16-14-38)34-30(24)29(25)31(36)23-5-3-22(4-6-23)26-19-33-37(2)21-26/h4-7,10-11,21-24H,8-9,12-20H2,1-3H3;4-7,10-11,19-22H,8-9,12-18H2,1-3H3;3-6,9-10,18-21H,7-8,11-17H2,1-2H3. The Bertz CT molecular complexity index is 6220. The van der Waals surface area contributed by atoms with Crippen molar-refractivity contribution in [1.29, 1.82) is 0 Å². The zero-order valence-corrected chi connectivity index (χ0v) is 73.3. The second-order valence-electron chi connectivity index (χ2n) is 34.4. The van der Waals surface area contributed by atoms with Crippen LogP contribution >= 0.6 is 0 Å². The molecule has 0 spiro atoms. The Balaban J connectivity index is 0.000000123. The van der Waals surface area contributed by atoms with E-state index in [4.69, 9.17) is 54.7 Å². The Labute approximate surface area is 730 Å². The van der Waals surface area contributed by atoms with E-state index in [0.717, 1.165) is 255 Å². The number of hydrogen-bond donors (Lipinski definition) is 0. The van der Waals surface area contributed by atoms with Crippen LogP contribution in [0.25, 0.3) is 101 Å². The molecule has 15 aromatic rings. The summed E-state index contributed by atoms with van der Waals surface area (Å²) < 4.78 is 29.1. The lowest BCUT2D eigenvalue weighted by Crippen LogP contribution is -2.47. The van der Waals surface area contributed by atoms with Crippen LogP contribution in [-0.4, -0.2) is 252 Å². The summed E-state index contributed by atoms with van der Waals surface area (Å²) in [6.07, 6.45) is 38.8. The van der Waals surface area contributed by atoms with Crippen molar-refractivity contribution in [3.05, 3.63) is 252 Å². The van der Waals surface area contributed by atoms with Gasteiger partial charge in [-0.1, -0.05) is 72.8 Å². The van der Waals surface area contributed by atoms with Crippen LogP contribution in [0.1, 0.15) is 67.9 Å². The quantitative estimate of drug-likeness (QED) is 0.0547. The zero-order chi connectivity index (χ0) is 85.0. The Morgan fingerprint density at radius 1 is 0.312 bits per heavy atom. The molecule has 3 aliphatic heterocycles. The van der Waals surface area contributed by atoms with Crippen LogP contribution in [0.3, 0.4) is 0 Å². The molecule has 125 heavy (non-hydrogen) atoms. The third-order valence-electron chi connectivity index (χ3n) is 25.6. The molecular weight excluding hydrogens is 1560 g/mol. The number of aryl methyl sites for hydroxylation is 12. The first-order valence-electron chi connectivity index (χ1n) is 44.2. The van der Waals surface area contributed by atoms with Gasteiger partial charge in [-0.25, -0.2) is 29.9 Å². The van der Waals surface area contributed by atoms with Gasteiger partial charge in [0.05, 0.1) is 129 Å². The number of hydrogen-bond acceptors (Lipinski definition) is 19. The molecule has 3 fully saturated rings. The van der Waals surface area contributed by atoms with Crippen LogP contribution in [0.15, 0.2) is 184 Å². The number of likely N-dealkylation sites (N-methyl/N-ethyl adjacent to an activating group) is 1. The van der Waals surface area contributed by atoms with Crippen molar-refractivity contribution < 1.29 is 9.47 Å². The lowest BCUT2D eigenvalue weighted by molar-refractivity contribution is 0.0359. The van der Waals surface area contributed by atoms with Crippen molar-refractivity contribution in [3.63, 3.8) is 0 Å². The molecule has 0 radical (unpaired) electrons. The highest BCUT2D eigenvalue weighted by Crippen LogP contribution is 2.45. The number of ether oxygens (including phenoxy) is 2. The predicted molar refractivity (Wildman–Crippen MR) is 486 cm³/mol. The van der Waals surface area contributed by atoms with E-state index in [1.54, 1.807) is 7.11 Å². The third kappa shape index (κ3) is 18.6. The van der Waals surface area contributed by atoms with E-state index in [2.05, 4.69) is 219 Å². The van der Waals surface area contributed by atoms with E-state index in [0.29, 0.717) is 19.3 Å². The molecular formula is C97H112N26O2. The Morgan fingerprint density at radius 3 is 0.936 bits per heavy atom. The third-order valence-corrected chi connectivity index (χ3v) is 25.6. The van der Waals surface area contributed by atoms with E-state index in [1.165, 1.54) is 83.8 Å². The van der Waals surface area contributed by atoms with E-state index >= 15 is 0 Å². The van der Waals surface area contributed by atoms with Gasteiger partial charge >= 0.3 is 0 Å². The fourth-order valence-corrected chi connectivity index (χ4v) is 18.7. The molecule has 0 saturated carbocycles. The molecule has 6 aliphatic rings. The molecule has 3 aliphatic carbocycles. The highest BCUT2D eigenvalue weighted by atomic mass is 16.5. The van der Waals surface area contributed by atoms with Crippen LogP contribution in [0.5, 0.6) is 0 Å². The number of methoxy groups -OCH3 is 1. The highest BCUT2D eigenvalue weighted by Gasteiger charge is 2.31. The molecule has 642 valence electrons. The largest absolute Gasteiger partial charge is 0.383 e. The van der Waals surface area contributed by atoms with Gasteiger partial charge in [0.25, 0.3) is 0 Å². The van der Waals surface area contributed by atoms with Crippen molar-refractivity contribution in [2.45, 2.75) is 77.4 Å². The van der Waals surface area contributed by atoms with Crippen LogP contribution in [0.2, 0.25) is 0 Å². The molecule has 3 aromatic carbocycles. The highest BCUT2D eigenvalue weighted by molar-refractivity contribution is 5.89. The second kappa shape index (κ2) is 36.9. The first-order chi connectivity index (χ1) is 61.1. The molecule has 21 rings (SSSR count). The summed E-state index contributed by atoms with van der Waals surface area (Å²) in [6.45, 7) is 20.1. The summed E-state index contributed by atoms with van der Waals surface area (Å²) in [6, 6.07) is 32.6. The number of benzene rings is 3. The average molecular weight is 1670 g/mol. The maximum atomic E-state index is 5.46. The molecule has 0 unspecified atom stereocenters. The number of fused-ring (bicyclic) bond motifs is 9. The van der Waals surface area contributed by atoms with Gasteiger partial charge in [-0.2, -0.15) is 30.6 Å². The van der Waals surface area contributed by atoms with Gasteiger partial charge in [0.15, 0.2) is 0 Å². The van der Waals surface area contributed by atoms with Gasteiger partial charge in [0, 0.05) is 249 Å². The predicted octanol–water partition coefficient (Wildman–Crippen LogP) is 11.2. The minimum Gasteiger partial charge on any atom is -0.383 e. The summed E-state index contributed by atoms with van der Waals surface area (Å²) >= 11 is 0. The van der Waals surface area contributed by atoms with E-state index in [-0.39, 0.29) is 0 Å². The fourth-order valence-electron chi connectivity index (χ4n) is 18.7. The van der Waals surface area contributed by atoms with Gasteiger partial charge in [-0.05, 0) is 131 Å². The van der Waals surface area contributed by atoms with Crippen LogP contribution in [-0.2, 0) is 129 Å². The molecule has 0 amide bonds. The number of piperazine rings is 2. The van der Waals surface area contributed by atoms with E-state index < -0.39 is 0 Å². The first kappa shape index (κ1) is 82.3. The number of nitrogens with zero attached hydrogens (tertiary/aromatic N) is 26. The number of morpholine rings is 1. The maximum Gasteiger partial charge on any atom is 0.134 e. The molecule has 0 atom stereocenters.